The molecule has 0 spiro atoms. The van der Waals surface area contributed by atoms with Crippen molar-refractivity contribution in [2.45, 2.75) is 32.4 Å². The Morgan fingerprint density at radius 1 is 1.09 bits per heavy atom. The first-order chi connectivity index (χ1) is 10.6. The van der Waals surface area contributed by atoms with Crippen LogP contribution in [0.2, 0.25) is 0 Å². The first kappa shape index (κ1) is 15.2. The van der Waals surface area contributed by atoms with Crippen LogP contribution in [0.1, 0.15) is 41.0 Å². The number of carbonyl (C=O) groups is 2. The zero-order chi connectivity index (χ0) is 15.7. The lowest BCUT2D eigenvalue weighted by atomic mass is 10.1. The molecule has 2 aliphatic heterocycles. The molecule has 1 aromatic rings. The number of hydrogen-bond donors (Lipinski definition) is 0. The van der Waals surface area contributed by atoms with Gasteiger partial charge < -0.3 is 4.74 Å². The van der Waals surface area contributed by atoms with Crippen LogP contribution in [-0.4, -0.2) is 60.0 Å². The van der Waals surface area contributed by atoms with Crippen molar-refractivity contribution < 1.29 is 14.3 Å². The molecule has 1 saturated heterocycles. The zero-order valence-electron chi connectivity index (χ0n) is 13.1. The number of imide groups is 1. The lowest BCUT2D eigenvalue weighted by Gasteiger charge is -2.36. The van der Waals surface area contributed by atoms with Gasteiger partial charge in [0.25, 0.3) is 11.8 Å². The van der Waals surface area contributed by atoms with Crippen molar-refractivity contribution in [3.05, 3.63) is 35.4 Å². The molecule has 0 bridgehead atoms. The van der Waals surface area contributed by atoms with E-state index in [1.54, 1.807) is 24.3 Å². The fraction of sp³-hybridized carbons (Fsp3) is 0.529. The number of hydrogen-bond acceptors (Lipinski definition) is 4. The van der Waals surface area contributed by atoms with Gasteiger partial charge in [0.2, 0.25) is 0 Å². The summed E-state index contributed by atoms with van der Waals surface area (Å²) >= 11 is 0. The number of carbonyl (C=O) groups excluding carboxylic acids is 2. The van der Waals surface area contributed by atoms with Crippen LogP contribution in [0.4, 0.5) is 0 Å². The van der Waals surface area contributed by atoms with Gasteiger partial charge in [0.15, 0.2) is 0 Å². The van der Waals surface area contributed by atoms with Crippen LogP contribution >= 0.6 is 0 Å². The van der Waals surface area contributed by atoms with Crippen LogP contribution in [0.25, 0.3) is 0 Å². The van der Waals surface area contributed by atoms with Crippen molar-refractivity contribution in [2.75, 3.05) is 26.2 Å². The Morgan fingerprint density at radius 2 is 1.73 bits per heavy atom. The normalized spacial score (nSPS) is 25.6. The Balaban J connectivity index is 1.57. The maximum absolute atomic E-state index is 12.3. The zero-order valence-corrected chi connectivity index (χ0v) is 13.1. The van der Waals surface area contributed by atoms with Gasteiger partial charge in [-0.25, -0.2) is 0 Å². The third kappa shape index (κ3) is 2.78. The minimum atomic E-state index is -0.163. The van der Waals surface area contributed by atoms with Crippen LogP contribution in [-0.2, 0) is 4.74 Å². The first-order valence-corrected chi connectivity index (χ1v) is 7.89. The van der Waals surface area contributed by atoms with E-state index in [9.17, 15) is 9.59 Å². The maximum atomic E-state index is 12.3. The van der Waals surface area contributed by atoms with E-state index in [1.165, 1.54) is 4.90 Å². The van der Waals surface area contributed by atoms with Gasteiger partial charge in [-0.15, -0.1) is 0 Å². The molecular formula is C17H22N2O3. The quantitative estimate of drug-likeness (QED) is 0.796. The van der Waals surface area contributed by atoms with Crippen LogP contribution in [0, 0.1) is 0 Å². The number of ether oxygens (including phenoxy) is 1. The molecule has 2 atom stereocenters. The number of morpholine rings is 1. The molecule has 0 saturated carbocycles. The van der Waals surface area contributed by atoms with E-state index >= 15 is 0 Å². The fourth-order valence-corrected chi connectivity index (χ4v) is 3.16. The van der Waals surface area contributed by atoms with Crippen molar-refractivity contribution in [3.8, 4) is 0 Å². The van der Waals surface area contributed by atoms with E-state index < -0.39 is 0 Å². The van der Waals surface area contributed by atoms with E-state index in [1.807, 2.05) is 0 Å². The number of fused-ring (bicyclic) bond motifs is 1. The number of amides is 2. The third-order valence-electron chi connectivity index (χ3n) is 4.44. The summed E-state index contributed by atoms with van der Waals surface area (Å²) in [5.74, 6) is -0.326. The molecule has 5 heteroatoms. The Kier molecular flexibility index (Phi) is 4.27. The molecule has 118 valence electrons. The number of nitrogens with zero attached hydrogens (tertiary/aromatic N) is 2. The van der Waals surface area contributed by atoms with Crippen LogP contribution < -0.4 is 0 Å². The second-order valence-electron chi connectivity index (χ2n) is 6.15. The van der Waals surface area contributed by atoms with Gasteiger partial charge in [0.05, 0.1) is 23.8 Å². The van der Waals surface area contributed by atoms with E-state index in [4.69, 9.17) is 4.74 Å². The van der Waals surface area contributed by atoms with E-state index in [0.29, 0.717) is 23.7 Å². The second kappa shape index (κ2) is 6.18. The molecule has 2 heterocycles. The highest BCUT2D eigenvalue weighted by atomic mass is 16.5. The first-order valence-electron chi connectivity index (χ1n) is 7.89. The monoisotopic (exact) mass is 302 g/mol. The standard InChI is InChI=1S/C17H22N2O3/c1-12-11-22-13(2)10-18(12)8-5-9-19-16(20)14-6-3-4-7-15(14)17(19)21/h3-4,6-7,12-13H,5,8-11H2,1-2H3/t12-,13-/m0/s1. The minimum Gasteiger partial charge on any atom is -0.376 e. The average Bonchev–Trinajstić information content (AvgIpc) is 2.76. The third-order valence-corrected chi connectivity index (χ3v) is 4.44. The fourth-order valence-electron chi connectivity index (χ4n) is 3.16. The molecule has 0 aromatic heterocycles. The predicted octanol–water partition coefficient (Wildman–Crippen LogP) is 1.78. The highest BCUT2D eigenvalue weighted by molar-refractivity contribution is 6.21. The maximum Gasteiger partial charge on any atom is 0.261 e. The Hall–Kier alpha value is -1.72. The highest BCUT2D eigenvalue weighted by Gasteiger charge is 2.34. The van der Waals surface area contributed by atoms with Crippen LogP contribution in [0.15, 0.2) is 24.3 Å². The van der Waals surface area contributed by atoms with Crippen molar-refractivity contribution in [2.24, 2.45) is 0 Å². The van der Waals surface area contributed by atoms with Gasteiger partial charge in [0.1, 0.15) is 0 Å². The minimum absolute atomic E-state index is 0.163. The Bertz CT molecular complexity index is 552. The molecule has 2 aliphatic rings. The van der Waals surface area contributed by atoms with Gasteiger partial charge >= 0.3 is 0 Å². The van der Waals surface area contributed by atoms with Gasteiger partial charge in [-0.3, -0.25) is 19.4 Å². The molecule has 1 fully saturated rings. The average molecular weight is 302 g/mol. The SMILES string of the molecule is C[C@H]1CN(CCCN2C(=O)c3ccccc3C2=O)[C@@H](C)CO1. The molecule has 3 rings (SSSR count). The summed E-state index contributed by atoms with van der Waals surface area (Å²) < 4.78 is 5.62. The van der Waals surface area contributed by atoms with Crippen molar-refractivity contribution in [1.29, 1.82) is 0 Å². The van der Waals surface area contributed by atoms with Crippen molar-refractivity contribution in [1.82, 2.24) is 9.80 Å². The molecule has 2 amide bonds. The smallest absolute Gasteiger partial charge is 0.261 e. The lowest BCUT2D eigenvalue weighted by Crippen LogP contribution is -2.48. The predicted molar refractivity (Wildman–Crippen MR) is 82.9 cm³/mol. The Morgan fingerprint density at radius 3 is 2.36 bits per heavy atom. The van der Waals surface area contributed by atoms with Gasteiger partial charge in [-0.1, -0.05) is 12.1 Å². The topological polar surface area (TPSA) is 49.9 Å². The summed E-state index contributed by atoms with van der Waals surface area (Å²) in [4.78, 5) is 28.3. The Labute approximate surface area is 130 Å². The molecule has 22 heavy (non-hydrogen) atoms. The highest BCUT2D eigenvalue weighted by Crippen LogP contribution is 2.22. The molecule has 1 aromatic carbocycles. The number of benzene rings is 1. The van der Waals surface area contributed by atoms with E-state index in [0.717, 1.165) is 26.1 Å². The van der Waals surface area contributed by atoms with E-state index in [2.05, 4.69) is 18.7 Å². The van der Waals surface area contributed by atoms with Crippen LogP contribution in [0.5, 0.6) is 0 Å². The summed E-state index contributed by atoms with van der Waals surface area (Å²) in [6, 6.07) is 7.43. The van der Waals surface area contributed by atoms with E-state index in [-0.39, 0.29) is 17.9 Å². The molecule has 0 aliphatic carbocycles. The summed E-state index contributed by atoms with van der Waals surface area (Å²) in [6.07, 6.45) is 1.04. The summed E-state index contributed by atoms with van der Waals surface area (Å²) in [6.45, 7) is 7.22. The van der Waals surface area contributed by atoms with Gasteiger partial charge in [-0.2, -0.15) is 0 Å². The van der Waals surface area contributed by atoms with Gasteiger partial charge in [0, 0.05) is 25.7 Å². The summed E-state index contributed by atoms with van der Waals surface area (Å²) in [5, 5.41) is 0. The van der Waals surface area contributed by atoms with Crippen molar-refractivity contribution >= 4 is 11.8 Å². The molecule has 5 nitrogen and oxygen atoms in total. The van der Waals surface area contributed by atoms with Crippen LogP contribution in [0.3, 0.4) is 0 Å². The summed E-state index contributed by atoms with van der Waals surface area (Å²) in [7, 11) is 0. The van der Waals surface area contributed by atoms with Gasteiger partial charge in [-0.05, 0) is 32.4 Å². The second-order valence-corrected chi connectivity index (χ2v) is 6.15. The van der Waals surface area contributed by atoms with Crippen molar-refractivity contribution in [3.63, 3.8) is 0 Å². The molecular weight excluding hydrogens is 280 g/mol. The lowest BCUT2D eigenvalue weighted by molar-refractivity contribution is -0.0498. The largest absolute Gasteiger partial charge is 0.376 e. The molecule has 0 unspecified atom stereocenters. The molecule has 0 radical (unpaired) electrons. The number of rotatable bonds is 4. The molecule has 0 N–H and O–H groups in total. The summed E-state index contributed by atoms with van der Waals surface area (Å²) in [5.41, 5.74) is 1.06.